The van der Waals surface area contributed by atoms with Gasteiger partial charge in [0.1, 0.15) is 5.75 Å². The number of hydrogen-bond acceptors (Lipinski definition) is 3. The second-order valence-corrected chi connectivity index (χ2v) is 6.30. The molecule has 1 saturated heterocycles. The molecule has 0 amide bonds. The van der Waals surface area contributed by atoms with Crippen LogP contribution in [-0.4, -0.2) is 24.2 Å². The highest BCUT2D eigenvalue weighted by molar-refractivity contribution is 7.99. The van der Waals surface area contributed by atoms with Crippen LogP contribution in [0.4, 0.5) is 0 Å². The molecule has 2 aliphatic heterocycles. The molecule has 0 spiro atoms. The van der Waals surface area contributed by atoms with Gasteiger partial charge in [0.05, 0.1) is 6.61 Å². The molecule has 2 aliphatic rings. The van der Waals surface area contributed by atoms with E-state index in [1.807, 2.05) is 0 Å². The summed E-state index contributed by atoms with van der Waals surface area (Å²) in [6.45, 7) is 3.12. The summed E-state index contributed by atoms with van der Waals surface area (Å²) < 4.78 is 5.58. The largest absolute Gasteiger partial charge is 0.493 e. The Morgan fingerprint density at radius 3 is 3.22 bits per heavy atom. The predicted octanol–water partition coefficient (Wildman–Crippen LogP) is 3.17. The smallest absolute Gasteiger partial charge is 0.122 e. The van der Waals surface area contributed by atoms with Crippen molar-refractivity contribution >= 4 is 11.8 Å². The molecule has 1 N–H and O–H groups in total. The zero-order chi connectivity index (χ0) is 12.4. The monoisotopic (exact) mass is 263 g/mol. The highest BCUT2D eigenvalue weighted by Gasteiger charge is 2.21. The van der Waals surface area contributed by atoms with Gasteiger partial charge < -0.3 is 10.1 Å². The molecule has 2 atom stereocenters. The first-order valence-electron chi connectivity index (χ1n) is 6.96. The summed E-state index contributed by atoms with van der Waals surface area (Å²) in [6, 6.07) is 7.91. The summed E-state index contributed by atoms with van der Waals surface area (Å²) in [5.74, 6) is 3.67. The molecule has 0 saturated carbocycles. The molecule has 3 heteroatoms. The van der Waals surface area contributed by atoms with Crippen molar-refractivity contribution in [1.29, 1.82) is 0 Å². The molecule has 0 aromatic heterocycles. The van der Waals surface area contributed by atoms with E-state index in [9.17, 15) is 0 Å². The van der Waals surface area contributed by atoms with Crippen molar-refractivity contribution in [3.8, 4) is 5.75 Å². The third kappa shape index (κ3) is 2.52. The van der Waals surface area contributed by atoms with Crippen molar-refractivity contribution < 1.29 is 4.74 Å². The second kappa shape index (κ2) is 5.54. The molecule has 2 nitrogen and oxygen atoms in total. The fourth-order valence-corrected chi connectivity index (χ4v) is 3.99. The third-order valence-electron chi connectivity index (χ3n) is 3.89. The van der Waals surface area contributed by atoms with Gasteiger partial charge >= 0.3 is 0 Å². The first-order chi connectivity index (χ1) is 8.86. The summed E-state index contributed by atoms with van der Waals surface area (Å²) in [5, 5.41) is 3.81. The highest BCUT2D eigenvalue weighted by atomic mass is 32.2. The Bertz CT molecular complexity index is 415. The van der Waals surface area contributed by atoms with Crippen LogP contribution in [0.25, 0.3) is 0 Å². The number of rotatable bonds is 4. The van der Waals surface area contributed by atoms with Gasteiger partial charge in [-0.3, -0.25) is 0 Å². The predicted molar refractivity (Wildman–Crippen MR) is 77.5 cm³/mol. The van der Waals surface area contributed by atoms with Crippen LogP contribution in [0.15, 0.2) is 18.2 Å². The van der Waals surface area contributed by atoms with Gasteiger partial charge in [-0.05, 0) is 35.8 Å². The lowest BCUT2D eigenvalue weighted by atomic mass is 10.00. The number of fused-ring (bicyclic) bond motifs is 1. The van der Waals surface area contributed by atoms with Crippen LogP contribution in [-0.2, 0) is 6.42 Å². The molecule has 1 aromatic carbocycles. The van der Waals surface area contributed by atoms with Gasteiger partial charge in [-0.1, -0.05) is 19.1 Å². The van der Waals surface area contributed by atoms with Crippen molar-refractivity contribution in [1.82, 2.24) is 5.32 Å². The maximum Gasteiger partial charge on any atom is 0.122 e. The Kier molecular flexibility index (Phi) is 3.80. The molecular weight excluding hydrogens is 242 g/mol. The first kappa shape index (κ1) is 12.4. The molecule has 3 rings (SSSR count). The molecule has 1 fully saturated rings. The number of nitrogens with one attached hydrogen (secondary N) is 1. The fourth-order valence-electron chi connectivity index (χ4n) is 2.82. The molecule has 0 bridgehead atoms. The van der Waals surface area contributed by atoms with Crippen LogP contribution in [0.5, 0.6) is 5.75 Å². The van der Waals surface area contributed by atoms with E-state index >= 15 is 0 Å². The minimum absolute atomic E-state index is 0.500. The number of ether oxygens (including phenoxy) is 1. The Morgan fingerprint density at radius 1 is 1.50 bits per heavy atom. The Labute approximate surface area is 113 Å². The van der Waals surface area contributed by atoms with Gasteiger partial charge in [-0.2, -0.15) is 11.8 Å². The second-order valence-electron chi connectivity index (χ2n) is 5.15. The Hall–Kier alpha value is -0.670. The van der Waals surface area contributed by atoms with Crippen LogP contribution < -0.4 is 10.1 Å². The molecule has 18 heavy (non-hydrogen) atoms. The zero-order valence-corrected chi connectivity index (χ0v) is 11.8. The van der Waals surface area contributed by atoms with Gasteiger partial charge in [0.2, 0.25) is 0 Å². The molecular formula is C15H21NOS. The molecule has 2 heterocycles. The SMILES string of the molecule is CCC(NC1CCSC1)c1ccc2c(c1)CCO2. The molecule has 0 radical (unpaired) electrons. The van der Waals surface area contributed by atoms with Crippen LogP contribution in [0.1, 0.15) is 36.9 Å². The summed E-state index contributed by atoms with van der Waals surface area (Å²) in [6.07, 6.45) is 3.54. The maximum atomic E-state index is 5.58. The molecule has 1 aromatic rings. The first-order valence-corrected chi connectivity index (χ1v) is 8.11. The standard InChI is InChI=1S/C15H21NOS/c1-2-14(16-13-6-8-18-10-13)11-3-4-15-12(9-11)5-7-17-15/h3-4,9,13-14,16H,2,5-8,10H2,1H3. The van der Waals surface area contributed by atoms with E-state index < -0.39 is 0 Å². The number of thioether (sulfide) groups is 1. The molecule has 2 unspecified atom stereocenters. The van der Waals surface area contributed by atoms with Crippen molar-refractivity contribution in [2.75, 3.05) is 18.1 Å². The number of hydrogen-bond donors (Lipinski definition) is 1. The van der Waals surface area contributed by atoms with Gasteiger partial charge in [0, 0.05) is 24.3 Å². The Balaban J connectivity index is 1.74. The summed E-state index contributed by atoms with van der Waals surface area (Å²) in [7, 11) is 0. The van der Waals surface area contributed by atoms with Gasteiger partial charge in [-0.15, -0.1) is 0 Å². The Morgan fingerprint density at radius 2 is 2.44 bits per heavy atom. The van der Waals surface area contributed by atoms with Crippen molar-refractivity contribution in [3.63, 3.8) is 0 Å². The van der Waals surface area contributed by atoms with Crippen molar-refractivity contribution in [2.45, 2.75) is 38.3 Å². The van der Waals surface area contributed by atoms with E-state index in [1.165, 1.54) is 29.1 Å². The van der Waals surface area contributed by atoms with E-state index in [1.54, 1.807) is 0 Å². The minimum atomic E-state index is 0.500. The lowest BCUT2D eigenvalue weighted by molar-refractivity contribution is 0.356. The summed E-state index contributed by atoms with van der Waals surface area (Å²) >= 11 is 2.07. The zero-order valence-electron chi connectivity index (χ0n) is 10.9. The van der Waals surface area contributed by atoms with E-state index in [-0.39, 0.29) is 0 Å². The van der Waals surface area contributed by atoms with Crippen LogP contribution in [0.3, 0.4) is 0 Å². The number of benzene rings is 1. The van der Waals surface area contributed by atoms with Gasteiger partial charge in [0.15, 0.2) is 0 Å². The molecule has 98 valence electrons. The lowest BCUT2D eigenvalue weighted by Crippen LogP contribution is -2.32. The summed E-state index contributed by atoms with van der Waals surface area (Å²) in [5.41, 5.74) is 2.81. The lowest BCUT2D eigenvalue weighted by Gasteiger charge is -2.22. The normalized spacial score (nSPS) is 23.7. The van der Waals surface area contributed by atoms with Crippen LogP contribution in [0, 0.1) is 0 Å². The topological polar surface area (TPSA) is 21.3 Å². The van der Waals surface area contributed by atoms with Gasteiger partial charge in [-0.25, -0.2) is 0 Å². The average Bonchev–Trinajstić information content (AvgIpc) is 3.06. The van der Waals surface area contributed by atoms with Crippen molar-refractivity contribution in [3.05, 3.63) is 29.3 Å². The summed E-state index contributed by atoms with van der Waals surface area (Å²) in [4.78, 5) is 0. The van der Waals surface area contributed by atoms with E-state index in [0.29, 0.717) is 12.1 Å². The maximum absolute atomic E-state index is 5.58. The van der Waals surface area contributed by atoms with Crippen LogP contribution in [0.2, 0.25) is 0 Å². The average molecular weight is 263 g/mol. The van der Waals surface area contributed by atoms with E-state index in [4.69, 9.17) is 4.74 Å². The molecule has 0 aliphatic carbocycles. The quantitative estimate of drug-likeness (QED) is 0.901. The van der Waals surface area contributed by atoms with Crippen molar-refractivity contribution in [2.24, 2.45) is 0 Å². The van der Waals surface area contributed by atoms with E-state index in [2.05, 4.69) is 42.2 Å². The highest BCUT2D eigenvalue weighted by Crippen LogP contribution is 2.30. The van der Waals surface area contributed by atoms with Crippen LogP contribution >= 0.6 is 11.8 Å². The minimum Gasteiger partial charge on any atom is -0.493 e. The fraction of sp³-hybridized carbons (Fsp3) is 0.600. The third-order valence-corrected chi connectivity index (χ3v) is 5.05. The van der Waals surface area contributed by atoms with Gasteiger partial charge in [0.25, 0.3) is 0 Å². The van der Waals surface area contributed by atoms with E-state index in [0.717, 1.165) is 25.2 Å².